The van der Waals surface area contributed by atoms with Crippen LogP contribution in [0.2, 0.25) is 5.31 Å². The van der Waals surface area contributed by atoms with Gasteiger partial charge in [0.05, 0.1) is 17.9 Å². The maximum Gasteiger partial charge on any atom is 0.508 e. The molecule has 2 aliphatic rings. The summed E-state index contributed by atoms with van der Waals surface area (Å²) < 4.78 is 13.1. The van der Waals surface area contributed by atoms with Crippen molar-refractivity contribution < 1.29 is 13.8 Å². The normalized spacial score (nSPS) is 29.8. The van der Waals surface area contributed by atoms with Crippen LogP contribution in [0.25, 0.3) is 0 Å². The molecule has 0 saturated carbocycles. The second-order valence-corrected chi connectivity index (χ2v) is 7.08. The van der Waals surface area contributed by atoms with Crippen molar-refractivity contribution in [3.8, 4) is 0 Å². The maximum absolute atomic E-state index is 5.92. The Morgan fingerprint density at radius 2 is 1.96 bits per heavy atom. The molecule has 0 bridgehead atoms. The first-order valence-electron chi connectivity index (χ1n) is 8.51. The van der Waals surface area contributed by atoms with Crippen molar-refractivity contribution in [1.82, 2.24) is 5.16 Å². The third-order valence-corrected chi connectivity index (χ3v) is 6.45. The van der Waals surface area contributed by atoms with E-state index in [1.54, 1.807) is 12.5 Å². The predicted molar refractivity (Wildman–Crippen MR) is 88.4 cm³/mol. The zero-order valence-electron chi connectivity index (χ0n) is 14.3. The fraction of sp³-hybridized carbons (Fsp3) is 0.625. The summed E-state index contributed by atoms with van der Waals surface area (Å²) in [5.74, 6) is 2.09. The second kappa shape index (κ2) is 4.79. The van der Waals surface area contributed by atoms with Gasteiger partial charge in [-0.05, 0) is 19.8 Å². The average Bonchev–Trinajstić information content (AvgIpc) is 3.30. The largest absolute Gasteiger partial charge is 0.508 e. The molecule has 0 N–H and O–H groups in total. The highest BCUT2D eigenvalue weighted by atomic mass is 16.5. The monoisotopic (exact) mass is 315 g/mol. The van der Waals surface area contributed by atoms with Gasteiger partial charge in [0.15, 0.2) is 17.6 Å². The molecule has 4 heterocycles. The quantitative estimate of drug-likeness (QED) is 0.644. The molecule has 2 atom stereocenters. The van der Waals surface area contributed by atoms with E-state index < -0.39 is 0 Å². The smallest absolute Gasteiger partial charge is 0.363 e. The zero-order chi connectivity index (χ0) is 16.2. The molecule has 1 saturated heterocycles. The molecular formula is C16H24BN4O2+. The molecule has 0 aromatic carbocycles. The van der Waals surface area contributed by atoms with Gasteiger partial charge in [-0.2, -0.15) is 0 Å². The van der Waals surface area contributed by atoms with Gasteiger partial charge in [-0.15, -0.1) is 0 Å². The van der Waals surface area contributed by atoms with Crippen molar-refractivity contribution in [3.63, 3.8) is 0 Å². The third-order valence-electron chi connectivity index (χ3n) is 6.45. The molecule has 6 nitrogen and oxygen atoms in total. The van der Waals surface area contributed by atoms with Gasteiger partial charge >= 0.3 is 6.98 Å². The highest BCUT2D eigenvalue weighted by molar-refractivity contribution is 6.71. The topological polar surface area (TPSA) is 49.5 Å². The van der Waals surface area contributed by atoms with Crippen LogP contribution in [0.5, 0.6) is 0 Å². The SMILES string of the molecule is CCC1(C)B2N(c3ccon3)CCN2c2cco[n+]2C1(C)CC. The van der Waals surface area contributed by atoms with Crippen LogP contribution in [0.3, 0.4) is 0 Å². The molecule has 2 unspecified atom stereocenters. The maximum atomic E-state index is 5.92. The number of anilines is 2. The predicted octanol–water partition coefficient (Wildman–Crippen LogP) is 2.68. The summed E-state index contributed by atoms with van der Waals surface area (Å²) in [6, 6.07) is 4.04. The van der Waals surface area contributed by atoms with E-state index in [9.17, 15) is 0 Å². The van der Waals surface area contributed by atoms with Crippen molar-refractivity contribution >= 4 is 18.6 Å². The van der Waals surface area contributed by atoms with Gasteiger partial charge in [0.1, 0.15) is 6.26 Å². The molecule has 7 heteroatoms. The Hall–Kier alpha value is -1.92. The molecule has 122 valence electrons. The number of fused-ring (bicyclic) bond motifs is 3. The Labute approximate surface area is 137 Å². The molecule has 0 spiro atoms. The van der Waals surface area contributed by atoms with Gasteiger partial charge in [-0.3, -0.25) is 4.81 Å². The highest BCUT2D eigenvalue weighted by Gasteiger charge is 2.70. The number of rotatable bonds is 3. The fourth-order valence-corrected chi connectivity index (χ4v) is 4.63. The number of hydrogen-bond acceptors (Lipinski definition) is 5. The lowest BCUT2D eigenvalue weighted by Gasteiger charge is -2.48. The van der Waals surface area contributed by atoms with Crippen LogP contribution >= 0.6 is 0 Å². The van der Waals surface area contributed by atoms with Gasteiger partial charge in [0, 0.05) is 12.6 Å². The summed E-state index contributed by atoms with van der Waals surface area (Å²) in [7, 11) is 0. The van der Waals surface area contributed by atoms with Crippen molar-refractivity contribution in [2.45, 2.75) is 51.4 Å². The minimum absolute atomic E-state index is 0.0206. The molecule has 0 aliphatic carbocycles. The molecule has 4 rings (SSSR count). The lowest BCUT2D eigenvalue weighted by molar-refractivity contribution is -0.907. The first kappa shape index (κ1) is 14.7. The Kier molecular flexibility index (Phi) is 3.05. The Morgan fingerprint density at radius 1 is 1.17 bits per heavy atom. The van der Waals surface area contributed by atoms with Gasteiger partial charge in [-0.25, -0.2) is 0 Å². The van der Waals surface area contributed by atoms with Crippen LogP contribution in [0.4, 0.5) is 11.6 Å². The van der Waals surface area contributed by atoms with Crippen molar-refractivity contribution in [1.29, 1.82) is 0 Å². The van der Waals surface area contributed by atoms with Crippen molar-refractivity contribution in [2.24, 2.45) is 0 Å². The highest BCUT2D eigenvalue weighted by Crippen LogP contribution is 2.55. The van der Waals surface area contributed by atoms with E-state index in [2.05, 4.69) is 53.3 Å². The second-order valence-electron chi connectivity index (χ2n) is 7.08. The average molecular weight is 315 g/mol. The molecular weight excluding hydrogens is 291 g/mol. The summed E-state index contributed by atoms with van der Waals surface area (Å²) in [6.45, 7) is 11.4. The minimum Gasteiger partial charge on any atom is -0.363 e. The summed E-state index contributed by atoms with van der Waals surface area (Å²) in [5, 5.41) is 4.22. The molecule has 23 heavy (non-hydrogen) atoms. The molecule has 0 amide bonds. The summed E-state index contributed by atoms with van der Waals surface area (Å²) in [5.41, 5.74) is -0.0892. The van der Waals surface area contributed by atoms with Gasteiger partial charge in [-0.1, -0.05) is 30.7 Å². The standard InChI is InChI=1S/C16H24BN4O2/c1-5-15(3)16(4,6-2)21-14(8-12-23-21)20-10-9-19(17(15)20)13-7-11-22-18-13/h7-8,11-12H,5-6,9-10H2,1-4H3/q+1. The van der Waals surface area contributed by atoms with Gasteiger partial charge in [0.2, 0.25) is 0 Å². The van der Waals surface area contributed by atoms with Gasteiger partial charge < -0.3 is 13.9 Å². The molecule has 2 aromatic rings. The van der Waals surface area contributed by atoms with E-state index in [1.807, 2.05) is 6.07 Å². The molecule has 0 radical (unpaired) electrons. The van der Waals surface area contributed by atoms with Crippen LogP contribution in [-0.2, 0) is 5.54 Å². The van der Waals surface area contributed by atoms with Crippen LogP contribution in [0.1, 0.15) is 40.5 Å². The molecule has 1 fully saturated rings. The summed E-state index contributed by atoms with van der Waals surface area (Å²) in [4.78, 5) is 4.84. The molecule has 2 aromatic heterocycles. The Morgan fingerprint density at radius 3 is 2.61 bits per heavy atom. The number of hydrogen-bond donors (Lipinski definition) is 0. The lowest BCUT2D eigenvalue weighted by Crippen LogP contribution is -2.74. The van der Waals surface area contributed by atoms with E-state index in [1.165, 1.54) is 0 Å². The number of aromatic nitrogens is 2. The van der Waals surface area contributed by atoms with E-state index in [-0.39, 0.29) is 17.8 Å². The van der Waals surface area contributed by atoms with Crippen LogP contribution in [-0.4, -0.2) is 25.2 Å². The van der Waals surface area contributed by atoms with Crippen molar-refractivity contribution in [3.05, 3.63) is 24.7 Å². The minimum atomic E-state index is -0.0892. The van der Waals surface area contributed by atoms with E-state index in [0.29, 0.717) is 0 Å². The lowest BCUT2D eigenvalue weighted by atomic mass is 9.40. The number of nitrogens with zero attached hydrogens (tertiary/aromatic N) is 4. The van der Waals surface area contributed by atoms with Crippen molar-refractivity contribution in [2.75, 3.05) is 22.7 Å². The summed E-state index contributed by atoms with van der Waals surface area (Å²) in [6.07, 6.45) is 5.53. The summed E-state index contributed by atoms with van der Waals surface area (Å²) >= 11 is 0. The first-order chi connectivity index (χ1) is 11.1. The Bertz CT molecular complexity index is 703. The van der Waals surface area contributed by atoms with Crippen LogP contribution in [0.15, 0.2) is 33.7 Å². The first-order valence-corrected chi connectivity index (χ1v) is 8.51. The van der Waals surface area contributed by atoms with E-state index >= 15 is 0 Å². The molecule has 2 aliphatic heterocycles. The van der Waals surface area contributed by atoms with E-state index in [4.69, 9.17) is 9.05 Å². The van der Waals surface area contributed by atoms with Gasteiger partial charge in [0.25, 0.3) is 5.82 Å². The van der Waals surface area contributed by atoms with E-state index in [0.717, 1.165) is 37.6 Å². The van der Waals surface area contributed by atoms with Crippen LogP contribution in [0, 0.1) is 0 Å². The fourth-order valence-electron chi connectivity index (χ4n) is 4.63. The Balaban J connectivity index is 1.91. The third kappa shape index (κ3) is 1.65. The van der Waals surface area contributed by atoms with Crippen LogP contribution < -0.4 is 14.4 Å². The zero-order valence-corrected chi connectivity index (χ0v) is 14.3.